The molecule has 6 nitrogen and oxygen atoms in total. The third-order valence-electron chi connectivity index (χ3n) is 4.24. The van der Waals surface area contributed by atoms with Crippen molar-refractivity contribution in [3.8, 4) is 0 Å². The third kappa shape index (κ3) is 3.90. The first kappa shape index (κ1) is 15.6. The van der Waals surface area contributed by atoms with Gasteiger partial charge in [-0.25, -0.2) is 9.78 Å². The predicted molar refractivity (Wildman–Crippen MR) is 86.8 cm³/mol. The molecule has 1 unspecified atom stereocenters. The minimum Gasteiger partial charge on any atom is -0.394 e. The molecule has 2 heterocycles. The molecule has 0 bridgehead atoms. The standard InChI is InChI=1S/C17H22N4O2/c22-12-16-2-1-8-21(16)17(23)19-10-14-3-5-15(6-4-14)11-20-9-7-18-13-20/h3-7,9,13,16,22H,1-2,8,10-12H2,(H,19,23). The van der Waals surface area contributed by atoms with E-state index in [1.165, 1.54) is 5.56 Å². The van der Waals surface area contributed by atoms with Crippen LogP contribution in [-0.4, -0.2) is 44.8 Å². The minimum atomic E-state index is -0.0935. The maximum atomic E-state index is 12.2. The van der Waals surface area contributed by atoms with Crippen LogP contribution in [0.5, 0.6) is 0 Å². The van der Waals surface area contributed by atoms with E-state index in [4.69, 9.17) is 0 Å². The van der Waals surface area contributed by atoms with E-state index in [1.807, 2.05) is 22.9 Å². The second-order valence-corrected chi connectivity index (χ2v) is 5.88. The van der Waals surface area contributed by atoms with E-state index in [-0.39, 0.29) is 18.7 Å². The van der Waals surface area contributed by atoms with Crippen molar-refractivity contribution in [2.24, 2.45) is 0 Å². The summed E-state index contributed by atoms with van der Waals surface area (Å²) in [5.74, 6) is 0. The Morgan fingerprint density at radius 2 is 2.09 bits per heavy atom. The second-order valence-electron chi connectivity index (χ2n) is 5.88. The molecule has 23 heavy (non-hydrogen) atoms. The zero-order chi connectivity index (χ0) is 16.1. The van der Waals surface area contributed by atoms with Crippen molar-refractivity contribution in [3.05, 3.63) is 54.1 Å². The summed E-state index contributed by atoms with van der Waals surface area (Å²) in [6.07, 6.45) is 7.33. The van der Waals surface area contributed by atoms with Crippen LogP contribution in [-0.2, 0) is 13.1 Å². The number of nitrogens with zero attached hydrogens (tertiary/aromatic N) is 3. The minimum absolute atomic E-state index is 0.0347. The molecule has 6 heteroatoms. The SMILES string of the molecule is O=C(NCc1ccc(Cn2ccnc2)cc1)N1CCCC1CO. The van der Waals surface area contributed by atoms with Gasteiger partial charge >= 0.3 is 6.03 Å². The summed E-state index contributed by atoms with van der Waals surface area (Å²) in [7, 11) is 0. The van der Waals surface area contributed by atoms with E-state index >= 15 is 0 Å². The molecule has 1 aromatic heterocycles. The first-order chi connectivity index (χ1) is 11.3. The van der Waals surface area contributed by atoms with Crippen molar-refractivity contribution < 1.29 is 9.90 Å². The monoisotopic (exact) mass is 314 g/mol. The molecule has 0 aliphatic carbocycles. The third-order valence-corrected chi connectivity index (χ3v) is 4.24. The second kappa shape index (κ2) is 7.28. The van der Waals surface area contributed by atoms with Gasteiger partial charge in [-0.3, -0.25) is 0 Å². The fraction of sp³-hybridized carbons (Fsp3) is 0.412. The highest BCUT2D eigenvalue weighted by molar-refractivity contribution is 5.74. The molecule has 1 aliphatic heterocycles. The van der Waals surface area contributed by atoms with Crippen molar-refractivity contribution >= 4 is 6.03 Å². The number of carbonyl (C=O) groups is 1. The lowest BCUT2D eigenvalue weighted by atomic mass is 10.1. The molecule has 1 fully saturated rings. The first-order valence-corrected chi connectivity index (χ1v) is 7.95. The molecule has 0 radical (unpaired) electrons. The van der Waals surface area contributed by atoms with Crippen LogP contribution in [0.3, 0.4) is 0 Å². The van der Waals surface area contributed by atoms with E-state index in [9.17, 15) is 9.90 Å². The molecule has 2 amide bonds. The fourth-order valence-corrected chi connectivity index (χ4v) is 2.93. The first-order valence-electron chi connectivity index (χ1n) is 7.95. The number of carbonyl (C=O) groups excluding carboxylic acids is 1. The van der Waals surface area contributed by atoms with Gasteiger partial charge in [0.15, 0.2) is 0 Å². The topological polar surface area (TPSA) is 70.4 Å². The smallest absolute Gasteiger partial charge is 0.317 e. The van der Waals surface area contributed by atoms with E-state index in [0.717, 1.165) is 31.5 Å². The average molecular weight is 314 g/mol. The van der Waals surface area contributed by atoms with Crippen LogP contribution in [0.25, 0.3) is 0 Å². The normalized spacial score (nSPS) is 17.4. The van der Waals surface area contributed by atoms with Gasteiger partial charge in [0.1, 0.15) is 0 Å². The maximum absolute atomic E-state index is 12.2. The van der Waals surface area contributed by atoms with Crippen LogP contribution >= 0.6 is 0 Å². The van der Waals surface area contributed by atoms with Gasteiger partial charge in [-0.05, 0) is 24.0 Å². The lowest BCUT2D eigenvalue weighted by Gasteiger charge is -2.23. The number of likely N-dealkylation sites (tertiary alicyclic amines) is 1. The molecular weight excluding hydrogens is 292 g/mol. The number of benzene rings is 1. The van der Waals surface area contributed by atoms with Gasteiger partial charge in [0.2, 0.25) is 0 Å². The molecule has 2 aromatic rings. The van der Waals surface area contributed by atoms with E-state index < -0.39 is 0 Å². The van der Waals surface area contributed by atoms with Gasteiger partial charge in [0, 0.05) is 32.0 Å². The highest BCUT2D eigenvalue weighted by Crippen LogP contribution is 2.16. The summed E-state index contributed by atoms with van der Waals surface area (Å²) >= 11 is 0. The van der Waals surface area contributed by atoms with Gasteiger partial charge in [0.05, 0.1) is 19.0 Å². The zero-order valence-corrected chi connectivity index (χ0v) is 13.1. The molecule has 1 atom stereocenters. The van der Waals surface area contributed by atoms with Gasteiger partial charge in [-0.15, -0.1) is 0 Å². The summed E-state index contributed by atoms with van der Waals surface area (Å²) in [6.45, 7) is 2.05. The van der Waals surface area contributed by atoms with Gasteiger partial charge in [-0.2, -0.15) is 0 Å². The number of aromatic nitrogens is 2. The Balaban J connectivity index is 1.51. The Morgan fingerprint density at radius 3 is 2.78 bits per heavy atom. The number of urea groups is 1. The number of imidazole rings is 1. The van der Waals surface area contributed by atoms with Gasteiger partial charge < -0.3 is 19.9 Å². The van der Waals surface area contributed by atoms with Crippen molar-refractivity contribution in [1.29, 1.82) is 0 Å². The molecule has 2 N–H and O–H groups in total. The Hall–Kier alpha value is -2.34. The van der Waals surface area contributed by atoms with E-state index in [0.29, 0.717) is 6.54 Å². The molecule has 1 aliphatic rings. The summed E-state index contributed by atoms with van der Waals surface area (Å²) in [6, 6.07) is 8.05. The summed E-state index contributed by atoms with van der Waals surface area (Å²) in [4.78, 5) is 17.9. The zero-order valence-electron chi connectivity index (χ0n) is 13.1. The quantitative estimate of drug-likeness (QED) is 0.880. The van der Waals surface area contributed by atoms with Crippen LogP contribution < -0.4 is 5.32 Å². The summed E-state index contributed by atoms with van der Waals surface area (Å²) < 4.78 is 2.01. The predicted octanol–water partition coefficient (Wildman–Crippen LogP) is 1.60. The van der Waals surface area contributed by atoms with Gasteiger partial charge in [0.25, 0.3) is 0 Å². The Kier molecular flexibility index (Phi) is 4.92. The van der Waals surface area contributed by atoms with Crippen LogP contribution in [0.15, 0.2) is 43.0 Å². The number of nitrogens with one attached hydrogen (secondary N) is 1. The molecule has 1 aromatic carbocycles. The summed E-state index contributed by atoms with van der Waals surface area (Å²) in [5, 5.41) is 12.2. The van der Waals surface area contributed by atoms with Gasteiger partial charge in [-0.1, -0.05) is 24.3 Å². The lowest BCUT2D eigenvalue weighted by molar-refractivity contribution is 0.157. The highest BCUT2D eigenvalue weighted by Gasteiger charge is 2.27. The number of aliphatic hydroxyl groups is 1. The highest BCUT2D eigenvalue weighted by atomic mass is 16.3. The van der Waals surface area contributed by atoms with Crippen molar-refractivity contribution in [2.45, 2.75) is 32.0 Å². The van der Waals surface area contributed by atoms with Crippen LogP contribution in [0.2, 0.25) is 0 Å². The van der Waals surface area contributed by atoms with E-state index in [2.05, 4.69) is 22.4 Å². The molecule has 122 valence electrons. The van der Waals surface area contributed by atoms with Crippen LogP contribution in [0, 0.1) is 0 Å². The average Bonchev–Trinajstić information content (AvgIpc) is 3.25. The van der Waals surface area contributed by atoms with Crippen LogP contribution in [0.1, 0.15) is 24.0 Å². The van der Waals surface area contributed by atoms with Crippen molar-refractivity contribution in [2.75, 3.05) is 13.2 Å². The number of hydrogen-bond acceptors (Lipinski definition) is 3. The Bertz CT molecular complexity index is 625. The fourth-order valence-electron chi connectivity index (χ4n) is 2.93. The van der Waals surface area contributed by atoms with E-state index in [1.54, 1.807) is 17.4 Å². The largest absolute Gasteiger partial charge is 0.394 e. The van der Waals surface area contributed by atoms with Crippen molar-refractivity contribution in [3.63, 3.8) is 0 Å². The summed E-state index contributed by atoms with van der Waals surface area (Å²) in [5.41, 5.74) is 2.26. The van der Waals surface area contributed by atoms with Crippen molar-refractivity contribution in [1.82, 2.24) is 19.8 Å². The molecule has 1 saturated heterocycles. The number of rotatable bonds is 5. The Morgan fingerprint density at radius 1 is 1.30 bits per heavy atom. The molecular formula is C17H22N4O2. The molecule has 3 rings (SSSR count). The number of hydrogen-bond donors (Lipinski definition) is 2. The Labute approximate surface area is 135 Å². The lowest BCUT2D eigenvalue weighted by Crippen LogP contribution is -2.43. The molecule has 0 saturated carbocycles. The number of aliphatic hydroxyl groups excluding tert-OH is 1. The number of amides is 2. The molecule has 0 spiro atoms. The van der Waals surface area contributed by atoms with Crippen LogP contribution in [0.4, 0.5) is 4.79 Å². The maximum Gasteiger partial charge on any atom is 0.317 e.